The highest BCUT2D eigenvalue weighted by Crippen LogP contribution is 2.37. The minimum absolute atomic E-state index is 0.284. The van der Waals surface area contributed by atoms with Crippen molar-refractivity contribution in [2.24, 2.45) is 11.8 Å². The van der Waals surface area contributed by atoms with E-state index in [1.165, 1.54) is 0 Å². The zero-order valence-corrected chi connectivity index (χ0v) is 12.8. The molecular weight excluding hydrogens is 286 g/mol. The van der Waals surface area contributed by atoms with Crippen LogP contribution in [0.15, 0.2) is 18.2 Å². The van der Waals surface area contributed by atoms with Gasteiger partial charge < -0.3 is 19.9 Å². The number of carboxylic acid groups (broad SMARTS) is 1. The largest absolute Gasteiger partial charge is 0.494 e. The maximum absolute atomic E-state index is 12.3. The van der Waals surface area contributed by atoms with Crippen LogP contribution in [-0.2, 0) is 9.59 Å². The van der Waals surface area contributed by atoms with Gasteiger partial charge in [-0.1, -0.05) is 0 Å². The molecule has 1 aromatic rings. The van der Waals surface area contributed by atoms with Crippen molar-refractivity contribution < 1.29 is 24.2 Å². The van der Waals surface area contributed by atoms with E-state index in [1.807, 2.05) is 13.8 Å². The number of amides is 1. The van der Waals surface area contributed by atoms with Crippen LogP contribution in [0.2, 0.25) is 0 Å². The molecule has 0 saturated heterocycles. The summed E-state index contributed by atoms with van der Waals surface area (Å²) in [6.45, 7) is 4.72. The zero-order chi connectivity index (χ0) is 16.1. The highest BCUT2D eigenvalue weighted by atomic mass is 16.5. The second-order valence-corrected chi connectivity index (χ2v) is 5.14. The summed E-state index contributed by atoms with van der Waals surface area (Å²) in [6, 6.07) is 5.20. The van der Waals surface area contributed by atoms with Crippen molar-refractivity contribution in [2.45, 2.75) is 26.7 Å². The average molecular weight is 307 g/mol. The summed E-state index contributed by atoms with van der Waals surface area (Å²) in [4.78, 5) is 23.3. The van der Waals surface area contributed by atoms with Crippen LogP contribution in [0, 0.1) is 11.8 Å². The maximum Gasteiger partial charge on any atom is 0.307 e. The fourth-order valence-corrected chi connectivity index (χ4v) is 2.48. The smallest absolute Gasteiger partial charge is 0.307 e. The number of carbonyl (C=O) groups excluding carboxylic acids is 1. The first-order valence-electron chi connectivity index (χ1n) is 7.50. The van der Waals surface area contributed by atoms with Crippen molar-refractivity contribution in [3.05, 3.63) is 18.2 Å². The minimum atomic E-state index is -0.917. The summed E-state index contributed by atoms with van der Waals surface area (Å²) < 4.78 is 10.9. The Labute approximate surface area is 129 Å². The number of carboxylic acids is 1. The first kappa shape index (κ1) is 16.1. The Morgan fingerprint density at radius 2 is 1.86 bits per heavy atom. The van der Waals surface area contributed by atoms with Gasteiger partial charge in [-0.05, 0) is 38.8 Å². The molecule has 0 spiro atoms. The van der Waals surface area contributed by atoms with Crippen LogP contribution < -0.4 is 14.8 Å². The van der Waals surface area contributed by atoms with Crippen LogP contribution in [0.1, 0.15) is 26.7 Å². The topological polar surface area (TPSA) is 84.9 Å². The first-order chi connectivity index (χ1) is 10.6. The zero-order valence-electron chi connectivity index (χ0n) is 12.8. The third-order valence-electron chi connectivity index (χ3n) is 3.75. The van der Waals surface area contributed by atoms with Crippen LogP contribution in [0.5, 0.6) is 11.5 Å². The number of ether oxygens (including phenoxy) is 2. The van der Waals surface area contributed by atoms with Gasteiger partial charge in [-0.3, -0.25) is 9.59 Å². The molecule has 2 rings (SSSR count). The van der Waals surface area contributed by atoms with Gasteiger partial charge in [0.15, 0.2) is 0 Å². The second-order valence-electron chi connectivity index (χ2n) is 5.14. The lowest BCUT2D eigenvalue weighted by molar-refractivity contribution is -0.151. The van der Waals surface area contributed by atoms with Crippen LogP contribution in [0.25, 0.3) is 0 Å². The Balaban J connectivity index is 2.14. The summed E-state index contributed by atoms with van der Waals surface area (Å²) in [5.41, 5.74) is 0.508. The molecule has 0 bridgehead atoms. The number of benzene rings is 1. The highest BCUT2D eigenvalue weighted by Gasteiger charge is 2.41. The van der Waals surface area contributed by atoms with Crippen LogP contribution >= 0.6 is 0 Å². The molecule has 1 aromatic carbocycles. The Bertz CT molecular complexity index is 557. The fraction of sp³-hybridized carbons (Fsp3) is 0.500. The van der Waals surface area contributed by atoms with Crippen LogP contribution in [0.4, 0.5) is 5.69 Å². The van der Waals surface area contributed by atoms with E-state index in [2.05, 4.69) is 5.32 Å². The Morgan fingerprint density at radius 3 is 2.41 bits per heavy atom. The van der Waals surface area contributed by atoms with Crippen molar-refractivity contribution in [3.8, 4) is 11.5 Å². The lowest BCUT2D eigenvalue weighted by Gasteiger charge is -2.32. The predicted molar refractivity (Wildman–Crippen MR) is 81.3 cm³/mol. The van der Waals surface area contributed by atoms with Gasteiger partial charge in [-0.15, -0.1) is 0 Å². The van der Waals surface area contributed by atoms with Crippen LogP contribution in [-0.4, -0.2) is 30.2 Å². The van der Waals surface area contributed by atoms with Gasteiger partial charge in [0.05, 0.1) is 30.7 Å². The molecule has 2 unspecified atom stereocenters. The maximum atomic E-state index is 12.3. The summed E-state index contributed by atoms with van der Waals surface area (Å²) in [5.74, 6) is -1.10. The Morgan fingerprint density at radius 1 is 1.18 bits per heavy atom. The third-order valence-corrected chi connectivity index (χ3v) is 3.75. The van der Waals surface area contributed by atoms with Crippen molar-refractivity contribution in [1.82, 2.24) is 0 Å². The normalized spacial score (nSPS) is 19.9. The summed E-state index contributed by atoms with van der Waals surface area (Å²) in [5, 5.41) is 11.8. The monoisotopic (exact) mass is 307 g/mol. The highest BCUT2D eigenvalue weighted by molar-refractivity contribution is 5.97. The number of anilines is 1. The molecule has 0 aromatic heterocycles. The van der Waals surface area contributed by atoms with E-state index < -0.39 is 17.8 Å². The van der Waals surface area contributed by atoms with Crippen LogP contribution in [0.3, 0.4) is 0 Å². The molecule has 2 N–H and O–H groups in total. The predicted octanol–water partition coefficient (Wildman–Crippen LogP) is 2.53. The average Bonchev–Trinajstić information content (AvgIpc) is 2.40. The Hall–Kier alpha value is -2.24. The standard InChI is InChI=1S/C16H21NO5/c1-3-21-10-5-8-14(22-4-2)13(9-10)17-15(18)11-6-7-12(11)16(19)20/h5,8-9,11-12H,3-4,6-7H2,1-2H3,(H,17,18)(H,19,20). The molecule has 0 heterocycles. The van der Waals surface area contributed by atoms with Crippen molar-refractivity contribution in [3.63, 3.8) is 0 Å². The molecule has 1 saturated carbocycles. The molecule has 0 aliphatic heterocycles. The van der Waals surface area contributed by atoms with Gasteiger partial charge in [0.1, 0.15) is 11.5 Å². The second kappa shape index (κ2) is 7.15. The summed E-state index contributed by atoms with van der Waals surface area (Å²) in [6.07, 6.45) is 1.14. The minimum Gasteiger partial charge on any atom is -0.494 e. The van der Waals surface area contributed by atoms with Gasteiger partial charge >= 0.3 is 5.97 Å². The number of rotatable bonds is 7. The van der Waals surface area contributed by atoms with Crippen molar-refractivity contribution in [1.29, 1.82) is 0 Å². The summed E-state index contributed by atoms with van der Waals surface area (Å²) in [7, 11) is 0. The molecule has 1 aliphatic carbocycles. The van der Waals surface area contributed by atoms with E-state index in [-0.39, 0.29) is 5.91 Å². The molecule has 6 nitrogen and oxygen atoms in total. The lowest BCUT2D eigenvalue weighted by atomic mass is 9.73. The third kappa shape index (κ3) is 3.50. The van der Waals surface area contributed by atoms with E-state index in [9.17, 15) is 9.59 Å². The first-order valence-corrected chi connectivity index (χ1v) is 7.50. The molecule has 6 heteroatoms. The van der Waals surface area contributed by atoms with Gasteiger partial charge in [-0.2, -0.15) is 0 Å². The molecule has 1 aliphatic rings. The van der Waals surface area contributed by atoms with Crippen molar-refractivity contribution in [2.75, 3.05) is 18.5 Å². The van der Waals surface area contributed by atoms with Gasteiger partial charge in [-0.25, -0.2) is 0 Å². The number of carbonyl (C=O) groups is 2. The van der Waals surface area contributed by atoms with E-state index in [1.54, 1.807) is 18.2 Å². The molecule has 22 heavy (non-hydrogen) atoms. The lowest BCUT2D eigenvalue weighted by Crippen LogP contribution is -2.41. The number of nitrogens with one attached hydrogen (secondary N) is 1. The molecule has 1 fully saturated rings. The van der Waals surface area contributed by atoms with E-state index in [4.69, 9.17) is 14.6 Å². The quantitative estimate of drug-likeness (QED) is 0.808. The van der Waals surface area contributed by atoms with Gasteiger partial charge in [0.2, 0.25) is 5.91 Å². The molecule has 1 amide bonds. The Kier molecular flexibility index (Phi) is 5.25. The van der Waals surface area contributed by atoms with E-state index >= 15 is 0 Å². The molecule has 120 valence electrons. The fourth-order valence-electron chi connectivity index (χ4n) is 2.48. The molecule has 2 atom stereocenters. The van der Waals surface area contributed by atoms with Crippen molar-refractivity contribution >= 4 is 17.6 Å². The number of hydrogen-bond acceptors (Lipinski definition) is 4. The van der Waals surface area contributed by atoms with Gasteiger partial charge in [0.25, 0.3) is 0 Å². The van der Waals surface area contributed by atoms with E-state index in [0.717, 1.165) is 0 Å². The van der Waals surface area contributed by atoms with E-state index in [0.29, 0.717) is 43.2 Å². The number of hydrogen-bond donors (Lipinski definition) is 2. The summed E-state index contributed by atoms with van der Waals surface area (Å²) >= 11 is 0. The SMILES string of the molecule is CCOc1ccc(OCC)c(NC(=O)C2CCC2C(=O)O)c1. The van der Waals surface area contributed by atoms with Gasteiger partial charge in [0, 0.05) is 6.07 Å². The number of aliphatic carboxylic acids is 1. The molecular formula is C16H21NO5. The molecule has 0 radical (unpaired) electrons.